The maximum Gasteiger partial charge on any atom is 0.340 e. The lowest BCUT2D eigenvalue weighted by atomic mass is 10.1. The lowest BCUT2D eigenvalue weighted by molar-refractivity contribution is -0.384. The second-order valence-electron chi connectivity index (χ2n) is 6.81. The van der Waals surface area contributed by atoms with Gasteiger partial charge in [-0.2, -0.15) is 0 Å². The Morgan fingerprint density at radius 1 is 1.26 bits per heavy atom. The average molecular weight is 382 g/mol. The van der Waals surface area contributed by atoms with E-state index in [-0.39, 0.29) is 16.9 Å². The van der Waals surface area contributed by atoms with Gasteiger partial charge in [-0.1, -0.05) is 6.07 Å². The van der Waals surface area contributed by atoms with Gasteiger partial charge in [-0.15, -0.1) is 0 Å². The first-order chi connectivity index (χ1) is 12.6. The van der Waals surface area contributed by atoms with E-state index in [1.807, 2.05) is 0 Å². The van der Waals surface area contributed by atoms with E-state index in [1.54, 1.807) is 20.8 Å². The molecule has 150 valence electrons. The molecule has 0 aromatic heterocycles. The Bertz CT molecular complexity index is 683. The first-order valence-electron chi connectivity index (χ1n) is 8.44. The van der Waals surface area contributed by atoms with Gasteiger partial charge in [0, 0.05) is 19.8 Å². The van der Waals surface area contributed by atoms with E-state index in [0.29, 0.717) is 19.4 Å². The van der Waals surface area contributed by atoms with Gasteiger partial charge in [0.1, 0.15) is 17.3 Å². The van der Waals surface area contributed by atoms with Crippen molar-refractivity contribution < 1.29 is 28.7 Å². The highest BCUT2D eigenvalue weighted by atomic mass is 16.6. The molecule has 1 aromatic rings. The van der Waals surface area contributed by atoms with Crippen molar-refractivity contribution in [3.63, 3.8) is 0 Å². The molecule has 1 aromatic carbocycles. The van der Waals surface area contributed by atoms with E-state index < -0.39 is 28.5 Å². The van der Waals surface area contributed by atoms with Crippen molar-refractivity contribution in [2.75, 3.05) is 26.1 Å². The second kappa shape index (κ2) is 9.86. The molecule has 0 aliphatic carbocycles. The molecule has 0 radical (unpaired) electrons. The van der Waals surface area contributed by atoms with Crippen molar-refractivity contribution in [1.29, 1.82) is 0 Å². The third-order valence-corrected chi connectivity index (χ3v) is 3.50. The number of rotatable bonds is 9. The Morgan fingerprint density at radius 2 is 1.93 bits per heavy atom. The number of nitrogens with one attached hydrogen (secondary N) is 1. The molecule has 0 fully saturated rings. The van der Waals surface area contributed by atoms with Crippen LogP contribution in [0.4, 0.5) is 11.4 Å². The second-order valence-corrected chi connectivity index (χ2v) is 6.81. The van der Waals surface area contributed by atoms with Gasteiger partial charge in [0.2, 0.25) is 0 Å². The summed E-state index contributed by atoms with van der Waals surface area (Å²) in [6.07, 6.45) is 0.816. The number of nitro groups is 1. The van der Waals surface area contributed by atoms with Crippen molar-refractivity contribution in [1.82, 2.24) is 0 Å². The summed E-state index contributed by atoms with van der Waals surface area (Å²) in [4.78, 5) is 35.4. The van der Waals surface area contributed by atoms with Crippen LogP contribution in [0.1, 0.15) is 44.0 Å². The fourth-order valence-corrected chi connectivity index (χ4v) is 2.35. The Labute approximate surface area is 158 Å². The smallest absolute Gasteiger partial charge is 0.340 e. The molecule has 0 bridgehead atoms. The number of hydrogen-bond donors (Lipinski definition) is 1. The van der Waals surface area contributed by atoms with Crippen LogP contribution in [-0.2, 0) is 19.0 Å². The number of hydrogen-bond acceptors (Lipinski definition) is 8. The first-order valence-corrected chi connectivity index (χ1v) is 8.44. The number of ether oxygens (including phenoxy) is 3. The normalized spacial score (nSPS) is 12.2. The van der Waals surface area contributed by atoms with Gasteiger partial charge in [0.25, 0.3) is 5.69 Å². The van der Waals surface area contributed by atoms with Crippen LogP contribution in [0.25, 0.3) is 0 Å². The number of nitro benzene ring substituents is 1. The number of benzene rings is 1. The quantitative estimate of drug-likeness (QED) is 0.300. The van der Waals surface area contributed by atoms with E-state index in [2.05, 4.69) is 5.32 Å². The third kappa shape index (κ3) is 6.86. The number of para-hydroxylation sites is 1. The summed E-state index contributed by atoms with van der Waals surface area (Å²) < 4.78 is 15.1. The molecule has 0 heterocycles. The number of esters is 2. The average Bonchev–Trinajstić information content (AvgIpc) is 2.58. The monoisotopic (exact) mass is 382 g/mol. The summed E-state index contributed by atoms with van der Waals surface area (Å²) in [5.74, 6) is -1.33. The SMILES string of the molecule is COCCCC(Nc1c(C(=O)OC)cccc1[N+](=O)[O-])C(=O)OC(C)(C)C. The molecule has 0 spiro atoms. The van der Waals surface area contributed by atoms with Crippen LogP contribution in [0.2, 0.25) is 0 Å². The molecule has 0 amide bonds. The van der Waals surface area contributed by atoms with Gasteiger partial charge in [-0.3, -0.25) is 10.1 Å². The summed E-state index contributed by atoms with van der Waals surface area (Å²) in [6.45, 7) is 5.58. The topological polar surface area (TPSA) is 117 Å². The predicted molar refractivity (Wildman–Crippen MR) is 98.8 cm³/mol. The molecule has 0 aliphatic heterocycles. The van der Waals surface area contributed by atoms with Crippen molar-refractivity contribution in [2.24, 2.45) is 0 Å². The predicted octanol–water partition coefficient (Wildman–Crippen LogP) is 2.93. The summed E-state index contributed by atoms with van der Waals surface area (Å²) in [7, 11) is 2.71. The number of methoxy groups -OCH3 is 2. The van der Waals surface area contributed by atoms with Crippen molar-refractivity contribution >= 4 is 23.3 Å². The fraction of sp³-hybridized carbons (Fsp3) is 0.556. The Kier molecular flexibility index (Phi) is 8.17. The molecule has 1 rings (SSSR count). The molecule has 9 nitrogen and oxygen atoms in total. The van der Waals surface area contributed by atoms with Crippen LogP contribution in [0.15, 0.2) is 18.2 Å². The lowest BCUT2D eigenvalue weighted by Crippen LogP contribution is -2.37. The Balaban J connectivity index is 3.27. The largest absolute Gasteiger partial charge is 0.465 e. The van der Waals surface area contributed by atoms with E-state index in [0.717, 1.165) is 0 Å². The van der Waals surface area contributed by atoms with Gasteiger partial charge in [0.05, 0.1) is 17.6 Å². The summed E-state index contributed by atoms with van der Waals surface area (Å²) in [5.41, 5.74) is -1.18. The van der Waals surface area contributed by atoms with Crippen molar-refractivity contribution in [2.45, 2.75) is 45.3 Å². The minimum Gasteiger partial charge on any atom is -0.465 e. The van der Waals surface area contributed by atoms with Gasteiger partial charge in [0.15, 0.2) is 0 Å². The highest BCUT2D eigenvalue weighted by molar-refractivity contribution is 5.99. The lowest BCUT2D eigenvalue weighted by Gasteiger charge is -2.25. The minimum absolute atomic E-state index is 0.0352. The summed E-state index contributed by atoms with van der Waals surface area (Å²) >= 11 is 0. The molecule has 27 heavy (non-hydrogen) atoms. The van der Waals surface area contributed by atoms with Crippen LogP contribution in [0, 0.1) is 10.1 Å². The van der Waals surface area contributed by atoms with Crippen LogP contribution in [0.3, 0.4) is 0 Å². The summed E-state index contributed by atoms with van der Waals surface area (Å²) in [6, 6.07) is 3.12. The molecule has 1 N–H and O–H groups in total. The molecule has 9 heteroatoms. The molecule has 1 unspecified atom stereocenters. The zero-order valence-electron chi connectivity index (χ0n) is 16.2. The van der Waals surface area contributed by atoms with Crippen LogP contribution in [0.5, 0.6) is 0 Å². The maximum absolute atomic E-state index is 12.6. The first kappa shape index (κ1) is 22.4. The Morgan fingerprint density at radius 3 is 2.44 bits per heavy atom. The van der Waals surface area contributed by atoms with Gasteiger partial charge >= 0.3 is 11.9 Å². The molecular formula is C18H26N2O7. The van der Waals surface area contributed by atoms with E-state index in [1.165, 1.54) is 32.4 Å². The summed E-state index contributed by atoms with van der Waals surface area (Å²) in [5, 5.41) is 14.2. The van der Waals surface area contributed by atoms with Crippen molar-refractivity contribution in [3.05, 3.63) is 33.9 Å². The highest BCUT2D eigenvalue weighted by Crippen LogP contribution is 2.30. The van der Waals surface area contributed by atoms with Crippen LogP contribution < -0.4 is 5.32 Å². The number of nitrogens with zero attached hydrogens (tertiary/aromatic N) is 1. The van der Waals surface area contributed by atoms with E-state index in [9.17, 15) is 19.7 Å². The standard InChI is InChI=1S/C18H26N2O7/c1-18(2,3)27-17(22)13(9-7-11-25-4)19-15-12(16(21)26-5)8-6-10-14(15)20(23)24/h6,8,10,13,19H,7,9,11H2,1-5H3. The minimum atomic E-state index is -0.899. The molecule has 0 saturated carbocycles. The number of carbonyl (C=O) groups is 2. The van der Waals surface area contributed by atoms with Crippen LogP contribution in [-0.4, -0.2) is 49.3 Å². The molecular weight excluding hydrogens is 356 g/mol. The van der Waals surface area contributed by atoms with Crippen molar-refractivity contribution in [3.8, 4) is 0 Å². The number of anilines is 1. The van der Waals surface area contributed by atoms with E-state index >= 15 is 0 Å². The fourth-order valence-electron chi connectivity index (χ4n) is 2.35. The Hall–Kier alpha value is -2.68. The highest BCUT2D eigenvalue weighted by Gasteiger charge is 2.30. The van der Waals surface area contributed by atoms with Crippen LogP contribution >= 0.6 is 0 Å². The van der Waals surface area contributed by atoms with Gasteiger partial charge < -0.3 is 19.5 Å². The molecule has 0 saturated heterocycles. The zero-order valence-corrected chi connectivity index (χ0v) is 16.2. The molecule has 1 atom stereocenters. The number of carbonyl (C=O) groups excluding carboxylic acids is 2. The van der Waals surface area contributed by atoms with Gasteiger partial charge in [-0.25, -0.2) is 9.59 Å². The van der Waals surface area contributed by atoms with E-state index in [4.69, 9.17) is 14.2 Å². The molecule has 0 aliphatic rings. The third-order valence-electron chi connectivity index (χ3n) is 3.50. The maximum atomic E-state index is 12.6. The zero-order chi connectivity index (χ0) is 20.6. The van der Waals surface area contributed by atoms with Gasteiger partial charge in [-0.05, 0) is 39.7 Å².